The maximum atomic E-state index is 13.5. The van der Waals surface area contributed by atoms with E-state index in [1.54, 1.807) is 24.3 Å². The molecule has 0 saturated heterocycles. The second-order valence-electron chi connectivity index (χ2n) is 8.61. The Morgan fingerprint density at radius 3 is 2.03 bits per heavy atom. The normalized spacial score (nSPS) is 11.5. The molecule has 0 unspecified atom stereocenters. The molecular weight excluding hydrogens is 451 g/mol. The number of rotatable bonds is 6. The smallest absolute Gasteiger partial charge is 0.416 e. The van der Waals surface area contributed by atoms with Gasteiger partial charge in [0, 0.05) is 6.07 Å². The first-order chi connectivity index (χ1) is 16.6. The molecule has 0 spiro atoms. The molecule has 180 valence electrons. The van der Waals surface area contributed by atoms with Crippen LogP contribution in [0.25, 0.3) is 11.3 Å². The van der Waals surface area contributed by atoms with Gasteiger partial charge in [-0.25, -0.2) is 0 Å². The van der Waals surface area contributed by atoms with Crippen molar-refractivity contribution in [3.8, 4) is 22.8 Å². The van der Waals surface area contributed by atoms with Gasteiger partial charge < -0.3 is 9.30 Å². The molecule has 4 rings (SSSR count). The molecule has 0 fully saturated rings. The van der Waals surface area contributed by atoms with E-state index in [-0.39, 0.29) is 12.2 Å². The third-order valence-corrected chi connectivity index (χ3v) is 6.00. The van der Waals surface area contributed by atoms with Crippen LogP contribution in [0.5, 0.6) is 11.5 Å². The number of halogens is 3. The lowest BCUT2D eigenvalue weighted by molar-refractivity contribution is -0.137. The minimum atomic E-state index is -4.62. The zero-order chi connectivity index (χ0) is 25.2. The van der Waals surface area contributed by atoms with Gasteiger partial charge in [0.05, 0.1) is 17.8 Å². The fourth-order valence-corrected chi connectivity index (χ4v) is 3.98. The highest BCUT2D eigenvalue weighted by Gasteiger charge is 2.32. The summed E-state index contributed by atoms with van der Waals surface area (Å²) in [4.78, 5) is 12.9. The quantitative estimate of drug-likeness (QED) is 0.287. The highest BCUT2D eigenvalue weighted by molar-refractivity contribution is 5.62. The molecule has 0 radical (unpaired) electrons. The van der Waals surface area contributed by atoms with Crippen LogP contribution in [-0.2, 0) is 19.1 Å². The van der Waals surface area contributed by atoms with Gasteiger partial charge in [0.1, 0.15) is 11.5 Å². The summed E-state index contributed by atoms with van der Waals surface area (Å²) >= 11 is 0. The zero-order valence-electron chi connectivity index (χ0n) is 19.8. The van der Waals surface area contributed by atoms with Crippen molar-refractivity contribution in [3.05, 3.63) is 117 Å². The molecule has 1 heterocycles. The molecule has 3 aromatic carbocycles. The number of alkyl halides is 3. The lowest BCUT2D eigenvalue weighted by Crippen LogP contribution is -2.24. The molecule has 0 aliphatic carbocycles. The summed E-state index contributed by atoms with van der Waals surface area (Å²) in [6.07, 6.45) is -3.70. The van der Waals surface area contributed by atoms with Crippen LogP contribution < -0.4 is 10.3 Å². The molecule has 0 bridgehead atoms. The van der Waals surface area contributed by atoms with E-state index in [2.05, 4.69) is 6.92 Å². The summed E-state index contributed by atoms with van der Waals surface area (Å²) in [6, 6.07) is 21.9. The van der Waals surface area contributed by atoms with E-state index in [0.29, 0.717) is 23.1 Å². The summed E-state index contributed by atoms with van der Waals surface area (Å²) in [5.41, 5.74) is 3.13. The SMILES string of the molecule is CCc1ccc(Oc2ccc(-c3cc(C(F)(F)F)cc(=O)n3Cc3ccc(C)cc3C)cc2)cc1. The first-order valence-corrected chi connectivity index (χ1v) is 11.4. The number of aromatic nitrogens is 1. The van der Waals surface area contributed by atoms with Crippen molar-refractivity contribution in [1.29, 1.82) is 0 Å². The van der Waals surface area contributed by atoms with Crippen LogP contribution in [0.15, 0.2) is 83.7 Å². The molecule has 4 aromatic rings. The molecule has 3 nitrogen and oxygen atoms in total. The Hall–Kier alpha value is -3.80. The third-order valence-electron chi connectivity index (χ3n) is 6.00. The van der Waals surface area contributed by atoms with Crippen molar-refractivity contribution in [2.24, 2.45) is 0 Å². The van der Waals surface area contributed by atoms with E-state index in [0.717, 1.165) is 29.2 Å². The molecule has 0 aliphatic heterocycles. The van der Waals surface area contributed by atoms with E-state index < -0.39 is 17.3 Å². The average Bonchev–Trinajstić information content (AvgIpc) is 2.82. The maximum Gasteiger partial charge on any atom is 0.416 e. The van der Waals surface area contributed by atoms with Crippen LogP contribution >= 0.6 is 0 Å². The van der Waals surface area contributed by atoms with Crippen LogP contribution in [0, 0.1) is 13.8 Å². The predicted molar refractivity (Wildman–Crippen MR) is 132 cm³/mol. The largest absolute Gasteiger partial charge is 0.457 e. The van der Waals surface area contributed by atoms with E-state index in [4.69, 9.17) is 4.74 Å². The zero-order valence-corrected chi connectivity index (χ0v) is 19.8. The second-order valence-corrected chi connectivity index (χ2v) is 8.61. The van der Waals surface area contributed by atoms with Crippen LogP contribution in [0.4, 0.5) is 13.2 Å². The molecule has 0 atom stereocenters. The summed E-state index contributed by atoms with van der Waals surface area (Å²) in [7, 11) is 0. The van der Waals surface area contributed by atoms with Crippen molar-refractivity contribution >= 4 is 0 Å². The molecule has 0 saturated carbocycles. The highest BCUT2D eigenvalue weighted by Crippen LogP contribution is 2.32. The van der Waals surface area contributed by atoms with Gasteiger partial charge in [0.15, 0.2) is 0 Å². The van der Waals surface area contributed by atoms with Gasteiger partial charge >= 0.3 is 6.18 Å². The lowest BCUT2D eigenvalue weighted by Gasteiger charge is -2.18. The summed E-state index contributed by atoms with van der Waals surface area (Å²) in [5.74, 6) is 1.22. The van der Waals surface area contributed by atoms with E-state index in [1.165, 1.54) is 10.1 Å². The highest BCUT2D eigenvalue weighted by atomic mass is 19.4. The summed E-state index contributed by atoms with van der Waals surface area (Å²) in [6.45, 7) is 6.13. The number of hydrogen-bond acceptors (Lipinski definition) is 2. The van der Waals surface area contributed by atoms with E-state index in [1.807, 2.05) is 56.3 Å². The van der Waals surface area contributed by atoms with Crippen LogP contribution in [0.1, 0.15) is 34.7 Å². The van der Waals surface area contributed by atoms with Crippen LogP contribution in [0.3, 0.4) is 0 Å². The second kappa shape index (κ2) is 9.82. The fraction of sp³-hybridized carbons (Fsp3) is 0.207. The Bertz CT molecular complexity index is 1390. The number of pyridine rings is 1. The Morgan fingerprint density at radius 2 is 1.46 bits per heavy atom. The molecule has 0 N–H and O–H groups in total. The summed E-state index contributed by atoms with van der Waals surface area (Å²) < 4.78 is 47.8. The number of benzene rings is 3. The van der Waals surface area contributed by atoms with Gasteiger partial charge in [-0.05, 0) is 85.0 Å². The fourth-order valence-electron chi connectivity index (χ4n) is 3.98. The maximum absolute atomic E-state index is 13.5. The standard InChI is InChI=1S/C29H26F3NO2/c1-4-21-6-11-25(12-7-21)35-26-13-9-22(10-14-26)27-16-24(29(30,31)32)17-28(34)33(27)18-23-8-5-19(2)15-20(23)3/h5-17H,4,18H2,1-3H3. The lowest BCUT2D eigenvalue weighted by atomic mass is 10.0. The van der Waals surface area contributed by atoms with Crippen LogP contribution in [0.2, 0.25) is 0 Å². The molecule has 1 aromatic heterocycles. The molecular formula is C29H26F3NO2. The minimum Gasteiger partial charge on any atom is -0.457 e. The van der Waals surface area contributed by atoms with Gasteiger partial charge in [-0.1, -0.05) is 42.8 Å². The Kier molecular flexibility index (Phi) is 6.83. The third kappa shape index (κ3) is 5.65. The number of hydrogen-bond donors (Lipinski definition) is 0. The van der Waals surface area contributed by atoms with Crippen molar-refractivity contribution in [2.75, 3.05) is 0 Å². The van der Waals surface area contributed by atoms with Crippen molar-refractivity contribution in [3.63, 3.8) is 0 Å². The Morgan fingerprint density at radius 1 is 0.829 bits per heavy atom. The molecule has 6 heteroatoms. The van der Waals surface area contributed by atoms with Crippen molar-refractivity contribution < 1.29 is 17.9 Å². The number of aryl methyl sites for hydroxylation is 3. The number of ether oxygens (including phenoxy) is 1. The topological polar surface area (TPSA) is 31.2 Å². The van der Waals surface area contributed by atoms with Crippen LogP contribution in [-0.4, -0.2) is 4.57 Å². The predicted octanol–water partition coefficient (Wildman–Crippen LogP) is 7.55. The van der Waals surface area contributed by atoms with Crippen molar-refractivity contribution in [2.45, 2.75) is 39.9 Å². The van der Waals surface area contributed by atoms with Gasteiger partial charge in [-0.3, -0.25) is 4.79 Å². The first kappa shape index (κ1) is 24.3. The van der Waals surface area contributed by atoms with E-state index in [9.17, 15) is 18.0 Å². The first-order valence-electron chi connectivity index (χ1n) is 11.4. The average molecular weight is 478 g/mol. The van der Waals surface area contributed by atoms with Gasteiger partial charge in [0.2, 0.25) is 0 Å². The monoisotopic (exact) mass is 477 g/mol. The molecule has 35 heavy (non-hydrogen) atoms. The van der Waals surface area contributed by atoms with Gasteiger partial charge in [-0.2, -0.15) is 13.2 Å². The van der Waals surface area contributed by atoms with Gasteiger partial charge in [-0.15, -0.1) is 0 Å². The molecule has 0 amide bonds. The van der Waals surface area contributed by atoms with Crippen molar-refractivity contribution in [1.82, 2.24) is 4.57 Å². The van der Waals surface area contributed by atoms with Gasteiger partial charge in [0.25, 0.3) is 5.56 Å². The summed E-state index contributed by atoms with van der Waals surface area (Å²) in [5, 5.41) is 0. The Balaban J connectivity index is 1.72. The minimum absolute atomic E-state index is 0.167. The van der Waals surface area contributed by atoms with E-state index >= 15 is 0 Å². The molecule has 0 aliphatic rings. The number of nitrogens with zero attached hydrogens (tertiary/aromatic N) is 1. The Labute approximate surface area is 202 Å².